The fourth-order valence-electron chi connectivity index (χ4n) is 2.22. The quantitative estimate of drug-likeness (QED) is 0.821. The van der Waals surface area contributed by atoms with Crippen LogP contribution in [0, 0.1) is 0 Å². The first-order valence-corrected chi connectivity index (χ1v) is 6.85. The first-order chi connectivity index (χ1) is 9.33. The van der Waals surface area contributed by atoms with Crippen LogP contribution in [0.15, 0.2) is 12.4 Å². The Hall–Kier alpha value is -1.40. The van der Waals surface area contributed by atoms with Gasteiger partial charge in [0.15, 0.2) is 0 Å². The van der Waals surface area contributed by atoms with E-state index in [-0.39, 0.29) is 0 Å². The summed E-state index contributed by atoms with van der Waals surface area (Å²) in [5.74, 6) is 1.56. The van der Waals surface area contributed by atoms with Crippen LogP contribution in [0.4, 0.5) is 5.82 Å². The van der Waals surface area contributed by atoms with E-state index in [1.54, 1.807) is 6.33 Å². The van der Waals surface area contributed by atoms with E-state index in [0.29, 0.717) is 31.7 Å². The van der Waals surface area contributed by atoms with Gasteiger partial charge in [-0.3, -0.25) is 0 Å². The van der Waals surface area contributed by atoms with Crippen LogP contribution < -0.4 is 15.4 Å². The number of anilines is 1. The van der Waals surface area contributed by atoms with Gasteiger partial charge in [0.25, 0.3) is 0 Å². The molecule has 0 saturated carbocycles. The van der Waals surface area contributed by atoms with Gasteiger partial charge in [0.1, 0.15) is 12.1 Å². The van der Waals surface area contributed by atoms with E-state index in [1.165, 1.54) is 0 Å². The van der Waals surface area contributed by atoms with Gasteiger partial charge >= 0.3 is 0 Å². The monoisotopic (exact) mass is 266 g/mol. The van der Waals surface area contributed by atoms with Crippen molar-refractivity contribution < 1.29 is 9.47 Å². The summed E-state index contributed by atoms with van der Waals surface area (Å²) < 4.78 is 11.1. The SMILES string of the molecule is CCOc1cc(N2CCC(OCCN)CC2)ncn1. The molecule has 106 valence electrons. The fourth-order valence-corrected chi connectivity index (χ4v) is 2.22. The van der Waals surface area contributed by atoms with Crippen LogP contribution in [0.25, 0.3) is 0 Å². The third-order valence-corrected chi connectivity index (χ3v) is 3.16. The van der Waals surface area contributed by atoms with Gasteiger partial charge in [0.05, 0.1) is 19.3 Å². The average molecular weight is 266 g/mol. The van der Waals surface area contributed by atoms with Gasteiger partial charge in [-0.05, 0) is 19.8 Å². The van der Waals surface area contributed by atoms with E-state index < -0.39 is 0 Å². The number of piperidine rings is 1. The molecule has 2 rings (SSSR count). The topological polar surface area (TPSA) is 73.5 Å². The summed E-state index contributed by atoms with van der Waals surface area (Å²) in [5.41, 5.74) is 5.44. The van der Waals surface area contributed by atoms with Gasteiger partial charge in [-0.15, -0.1) is 0 Å². The molecule has 2 heterocycles. The summed E-state index contributed by atoms with van der Waals surface area (Å²) in [6.45, 7) is 5.68. The van der Waals surface area contributed by atoms with Crippen LogP contribution in [0.1, 0.15) is 19.8 Å². The highest BCUT2D eigenvalue weighted by Gasteiger charge is 2.20. The summed E-state index contributed by atoms with van der Waals surface area (Å²) in [6, 6.07) is 1.89. The normalized spacial score (nSPS) is 16.6. The van der Waals surface area contributed by atoms with Crippen molar-refractivity contribution in [3.8, 4) is 5.88 Å². The Kier molecular flexibility index (Phi) is 5.35. The molecule has 0 amide bonds. The molecule has 0 atom stereocenters. The Morgan fingerprint density at radius 1 is 1.37 bits per heavy atom. The van der Waals surface area contributed by atoms with E-state index >= 15 is 0 Å². The lowest BCUT2D eigenvalue weighted by atomic mass is 10.1. The van der Waals surface area contributed by atoms with Crippen molar-refractivity contribution in [1.29, 1.82) is 0 Å². The van der Waals surface area contributed by atoms with Crippen LogP contribution in [0.3, 0.4) is 0 Å². The summed E-state index contributed by atoms with van der Waals surface area (Å²) in [5, 5.41) is 0. The molecule has 1 aromatic rings. The molecule has 0 radical (unpaired) electrons. The maximum Gasteiger partial charge on any atom is 0.218 e. The second-order valence-corrected chi connectivity index (χ2v) is 4.49. The third-order valence-electron chi connectivity index (χ3n) is 3.16. The van der Waals surface area contributed by atoms with Gasteiger partial charge in [-0.1, -0.05) is 0 Å². The molecule has 0 aromatic carbocycles. The van der Waals surface area contributed by atoms with Crippen molar-refractivity contribution in [2.45, 2.75) is 25.9 Å². The number of nitrogens with two attached hydrogens (primary N) is 1. The second-order valence-electron chi connectivity index (χ2n) is 4.49. The number of rotatable bonds is 6. The minimum absolute atomic E-state index is 0.327. The molecule has 1 fully saturated rings. The first kappa shape index (κ1) is 14.0. The van der Waals surface area contributed by atoms with Gasteiger partial charge in [0.2, 0.25) is 5.88 Å². The molecule has 0 aliphatic carbocycles. The predicted octanol–water partition coefficient (Wildman–Crippen LogP) is 0.819. The largest absolute Gasteiger partial charge is 0.478 e. The van der Waals surface area contributed by atoms with Crippen LogP contribution in [-0.4, -0.2) is 48.9 Å². The Bertz CT molecular complexity index is 381. The molecule has 0 bridgehead atoms. The molecule has 1 aromatic heterocycles. The Morgan fingerprint density at radius 3 is 2.84 bits per heavy atom. The summed E-state index contributed by atoms with van der Waals surface area (Å²) in [6.07, 6.45) is 3.90. The predicted molar refractivity (Wildman–Crippen MR) is 73.4 cm³/mol. The van der Waals surface area contributed by atoms with Gasteiger partial charge in [-0.25, -0.2) is 9.97 Å². The van der Waals surface area contributed by atoms with E-state index in [4.69, 9.17) is 15.2 Å². The maximum atomic E-state index is 5.67. The lowest BCUT2D eigenvalue weighted by Gasteiger charge is -2.32. The van der Waals surface area contributed by atoms with Crippen molar-refractivity contribution in [1.82, 2.24) is 9.97 Å². The lowest BCUT2D eigenvalue weighted by Crippen LogP contribution is -2.38. The molecule has 0 spiro atoms. The molecule has 19 heavy (non-hydrogen) atoms. The molecule has 0 unspecified atom stereocenters. The summed E-state index contributed by atoms with van der Waals surface area (Å²) >= 11 is 0. The van der Waals surface area contributed by atoms with Crippen LogP contribution >= 0.6 is 0 Å². The third kappa shape index (κ3) is 4.04. The number of hydrogen-bond donors (Lipinski definition) is 1. The Labute approximate surface area is 113 Å². The minimum atomic E-state index is 0.327. The smallest absolute Gasteiger partial charge is 0.218 e. The molecule has 1 aliphatic heterocycles. The van der Waals surface area contributed by atoms with Crippen molar-refractivity contribution in [3.05, 3.63) is 12.4 Å². The minimum Gasteiger partial charge on any atom is -0.478 e. The standard InChI is InChI=1S/C13H22N4O2/c1-2-18-13-9-12(15-10-16-13)17-6-3-11(4-7-17)19-8-5-14/h9-11H,2-8,14H2,1H3. The molecule has 1 saturated heterocycles. The van der Waals surface area contributed by atoms with E-state index in [9.17, 15) is 0 Å². The molecular weight excluding hydrogens is 244 g/mol. The zero-order valence-electron chi connectivity index (χ0n) is 11.4. The highest BCUT2D eigenvalue weighted by atomic mass is 16.5. The molecule has 2 N–H and O–H groups in total. The molecular formula is C13H22N4O2. The zero-order chi connectivity index (χ0) is 13.5. The zero-order valence-corrected chi connectivity index (χ0v) is 11.4. The van der Waals surface area contributed by atoms with E-state index in [0.717, 1.165) is 31.7 Å². The first-order valence-electron chi connectivity index (χ1n) is 6.85. The van der Waals surface area contributed by atoms with Crippen molar-refractivity contribution in [2.24, 2.45) is 5.73 Å². The van der Waals surface area contributed by atoms with Crippen LogP contribution in [-0.2, 0) is 4.74 Å². The highest BCUT2D eigenvalue weighted by molar-refractivity contribution is 5.41. The highest BCUT2D eigenvalue weighted by Crippen LogP contribution is 2.21. The Morgan fingerprint density at radius 2 is 2.16 bits per heavy atom. The van der Waals surface area contributed by atoms with Crippen molar-refractivity contribution >= 4 is 5.82 Å². The fraction of sp³-hybridized carbons (Fsp3) is 0.692. The van der Waals surface area contributed by atoms with Crippen molar-refractivity contribution in [3.63, 3.8) is 0 Å². The van der Waals surface area contributed by atoms with Crippen LogP contribution in [0.5, 0.6) is 5.88 Å². The summed E-state index contributed by atoms with van der Waals surface area (Å²) in [4.78, 5) is 10.6. The number of aromatic nitrogens is 2. The van der Waals surface area contributed by atoms with Gasteiger partial charge < -0.3 is 20.1 Å². The Balaban J connectivity index is 1.88. The molecule has 1 aliphatic rings. The maximum absolute atomic E-state index is 5.67. The van der Waals surface area contributed by atoms with Gasteiger partial charge in [-0.2, -0.15) is 0 Å². The number of ether oxygens (including phenoxy) is 2. The molecule has 6 heteroatoms. The summed E-state index contributed by atoms with van der Waals surface area (Å²) in [7, 11) is 0. The van der Waals surface area contributed by atoms with Gasteiger partial charge in [0, 0.05) is 25.7 Å². The number of nitrogens with zero attached hydrogens (tertiary/aromatic N) is 3. The average Bonchev–Trinajstić information content (AvgIpc) is 2.46. The number of hydrogen-bond acceptors (Lipinski definition) is 6. The van der Waals surface area contributed by atoms with E-state index in [1.807, 2.05) is 13.0 Å². The van der Waals surface area contributed by atoms with E-state index in [2.05, 4.69) is 14.9 Å². The second kappa shape index (κ2) is 7.25. The molecule has 6 nitrogen and oxygen atoms in total. The van der Waals surface area contributed by atoms with Crippen molar-refractivity contribution in [2.75, 3.05) is 37.7 Å². The lowest BCUT2D eigenvalue weighted by molar-refractivity contribution is 0.0421. The van der Waals surface area contributed by atoms with Crippen LogP contribution in [0.2, 0.25) is 0 Å².